The number of carbonyl (C=O) groups excluding carboxylic acids is 2. The Kier molecular flexibility index (Phi) is 6.72. The SMILES string of the molecule is COc1cc([C@@H]2CN3C(=O)CN(CCc4cccc(F)c4)C(=O)[C@]3(C)c3[nH]c4ccccc4c32)ccc1OC(C)C. The van der Waals surface area contributed by atoms with Gasteiger partial charge in [-0.15, -0.1) is 0 Å². The maximum absolute atomic E-state index is 14.2. The monoisotopic (exact) mass is 555 g/mol. The predicted octanol–water partition coefficient (Wildman–Crippen LogP) is 5.38. The first-order chi connectivity index (χ1) is 19.7. The third-order valence-corrected chi connectivity index (χ3v) is 8.33. The molecule has 2 amide bonds. The number of hydrogen-bond donors (Lipinski definition) is 1. The fourth-order valence-electron chi connectivity index (χ4n) is 6.36. The van der Waals surface area contributed by atoms with Gasteiger partial charge in [-0.2, -0.15) is 0 Å². The number of benzene rings is 3. The molecule has 212 valence electrons. The number of fused-ring (bicyclic) bond motifs is 5. The minimum Gasteiger partial charge on any atom is -0.493 e. The number of ether oxygens (including phenoxy) is 2. The van der Waals surface area contributed by atoms with Crippen molar-refractivity contribution in [3.63, 3.8) is 0 Å². The van der Waals surface area contributed by atoms with Crippen molar-refractivity contribution in [1.29, 1.82) is 0 Å². The Morgan fingerprint density at radius 2 is 1.85 bits per heavy atom. The van der Waals surface area contributed by atoms with Gasteiger partial charge in [-0.1, -0.05) is 36.4 Å². The molecule has 1 aromatic heterocycles. The summed E-state index contributed by atoms with van der Waals surface area (Å²) in [4.78, 5) is 34.9. The van der Waals surface area contributed by atoms with E-state index in [0.29, 0.717) is 31.0 Å². The van der Waals surface area contributed by atoms with E-state index in [0.717, 1.165) is 33.3 Å². The molecule has 2 aliphatic rings. The summed E-state index contributed by atoms with van der Waals surface area (Å²) in [5.41, 5.74) is 3.20. The number of nitrogens with zero attached hydrogens (tertiary/aromatic N) is 2. The molecule has 7 nitrogen and oxygen atoms in total. The number of halogens is 1. The lowest BCUT2D eigenvalue weighted by Crippen LogP contribution is -2.67. The second kappa shape index (κ2) is 10.3. The van der Waals surface area contributed by atoms with Crippen LogP contribution in [0.4, 0.5) is 4.39 Å². The van der Waals surface area contributed by atoms with E-state index in [1.54, 1.807) is 23.0 Å². The number of carbonyl (C=O) groups is 2. The van der Waals surface area contributed by atoms with E-state index in [1.807, 2.05) is 63.2 Å². The summed E-state index contributed by atoms with van der Waals surface area (Å²) in [6, 6.07) is 20.3. The summed E-state index contributed by atoms with van der Waals surface area (Å²) in [7, 11) is 1.62. The van der Waals surface area contributed by atoms with Crippen LogP contribution in [0.2, 0.25) is 0 Å². The highest BCUT2D eigenvalue weighted by atomic mass is 19.1. The van der Waals surface area contributed by atoms with Gasteiger partial charge < -0.3 is 24.3 Å². The van der Waals surface area contributed by atoms with Crippen LogP contribution in [0.1, 0.15) is 49.1 Å². The van der Waals surface area contributed by atoms with Gasteiger partial charge in [0.25, 0.3) is 5.91 Å². The van der Waals surface area contributed by atoms with Gasteiger partial charge in [0, 0.05) is 29.9 Å². The van der Waals surface area contributed by atoms with Gasteiger partial charge in [0.05, 0.1) is 25.5 Å². The van der Waals surface area contributed by atoms with E-state index in [2.05, 4.69) is 11.1 Å². The Labute approximate surface area is 238 Å². The molecule has 6 rings (SSSR count). The van der Waals surface area contributed by atoms with Crippen molar-refractivity contribution in [3.8, 4) is 11.5 Å². The first kappa shape index (κ1) is 26.9. The van der Waals surface area contributed by atoms with E-state index in [9.17, 15) is 14.0 Å². The highest BCUT2D eigenvalue weighted by molar-refractivity contribution is 6.01. The number of aromatic amines is 1. The second-order valence-corrected chi connectivity index (χ2v) is 11.3. The van der Waals surface area contributed by atoms with Crippen LogP contribution in [0, 0.1) is 5.82 Å². The molecule has 1 saturated heterocycles. The van der Waals surface area contributed by atoms with Crippen LogP contribution < -0.4 is 9.47 Å². The Hall–Kier alpha value is -4.33. The molecule has 0 saturated carbocycles. The zero-order valence-corrected chi connectivity index (χ0v) is 23.7. The number of methoxy groups -OCH3 is 1. The number of aromatic nitrogens is 1. The van der Waals surface area contributed by atoms with Gasteiger partial charge in [-0.3, -0.25) is 9.59 Å². The maximum Gasteiger partial charge on any atom is 0.254 e. The Morgan fingerprint density at radius 3 is 2.61 bits per heavy atom. The van der Waals surface area contributed by atoms with E-state index in [4.69, 9.17) is 9.47 Å². The Morgan fingerprint density at radius 1 is 1.05 bits per heavy atom. The number of H-pyrrole nitrogens is 1. The zero-order chi connectivity index (χ0) is 28.9. The molecule has 2 atom stereocenters. The van der Waals surface area contributed by atoms with E-state index in [1.165, 1.54) is 12.1 Å². The van der Waals surface area contributed by atoms with Gasteiger partial charge in [-0.05, 0) is 74.2 Å². The van der Waals surface area contributed by atoms with Gasteiger partial charge in [0.1, 0.15) is 5.82 Å². The molecule has 0 spiro atoms. The van der Waals surface area contributed by atoms with Gasteiger partial charge >= 0.3 is 0 Å². The molecule has 0 unspecified atom stereocenters. The van der Waals surface area contributed by atoms with Crippen molar-refractivity contribution in [2.75, 3.05) is 26.7 Å². The lowest BCUT2D eigenvalue weighted by molar-refractivity contribution is -0.166. The lowest BCUT2D eigenvalue weighted by Gasteiger charge is -2.51. The number of rotatable bonds is 7. The number of piperazine rings is 1. The van der Waals surface area contributed by atoms with Crippen LogP contribution in [0.5, 0.6) is 11.5 Å². The van der Waals surface area contributed by atoms with Crippen LogP contribution in [-0.4, -0.2) is 59.4 Å². The lowest BCUT2D eigenvalue weighted by atomic mass is 9.76. The topological polar surface area (TPSA) is 74.9 Å². The molecule has 0 bridgehead atoms. The van der Waals surface area contributed by atoms with Gasteiger partial charge in [0.15, 0.2) is 17.0 Å². The van der Waals surface area contributed by atoms with Crippen molar-refractivity contribution in [2.45, 2.75) is 44.8 Å². The summed E-state index contributed by atoms with van der Waals surface area (Å²) >= 11 is 0. The zero-order valence-electron chi connectivity index (χ0n) is 23.7. The number of amides is 2. The molecule has 1 N–H and O–H groups in total. The third kappa shape index (κ3) is 4.51. The normalized spacial score (nSPS) is 20.4. The van der Waals surface area contributed by atoms with Crippen molar-refractivity contribution < 1.29 is 23.5 Å². The minimum atomic E-state index is -1.20. The number of hydrogen-bond acceptors (Lipinski definition) is 4. The van der Waals surface area contributed by atoms with Crippen molar-refractivity contribution in [2.24, 2.45) is 0 Å². The number of nitrogens with one attached hydrogen (secondary N) is 1. The average molecular weight is 556 g/mol. The highest BCUT2D eigenvalue weighted by Gasteiger charge is 2.56. The minimum absolute atomic E-state index is 0.00815. The largest absolute Gasteiger partial charge is 0.493 e. The molecule has 1 fully saturated rings. The molecule has 3 aromatic carbocycles. The first-order valence-electron chi connectivity index (χ1n) is 14.0. The van der Waals surface area contributed by atoms with Crippen LogP contribution in [0.3, 0.4) is 0 Å². The summed E-state index contributed by atoms with van der Waals surface area (Å²) in [6.45, 7) is 6.43. The van der Waals surface area contributed by atoms with E-state index in [-0.39, 0.29) is 36.2 Å². The fraction of sp³-hybridized carbons (Fsp3) is 0.333. The quantitative estimate of drug-likeness (QED) is 0.333. The summed E-state index contributed by atoms with van der Waals surface area (Å²) in [6.07, 6.45) is 0.450. The molecule has 3 heterocycles. The van der Waals surface area contributed by atoms with Crippen molar-refractivity contribution in [1.82, 2.24) is 14.8 Å². The van der Waals surface area contributed by atoms with E-state index < -0.39 is 5.54 Å². The van der Waals surface area contributed by atoms with Crippen LogP contribution >= 0.6 is 0 Å². The predicted molar refractivity (Wildman–Crippen MR) is 155 cm³/mol. The summed E-state index contributed by atoms with van der Waals surface area (Å²) in [5, 5.41) is 1.02. The van der Waals surface area contributed by atoms with E-state index >= 15 is 0 Å². The number of para-hydroxylation sites is 1. The fourth-order valence-corrected chi connectivity index (χ4v) is 6.36. The first-order valence-corrected chi connectivity index (χ1v) is 14.0. The Balaban J connectivity index is 1.43. The molecular weight excluding hydrogens is 521 g/mol. The summed E-state index contributed by atoms with van der Waals surface area (Å²) < 4.78 is 25.4. The average Bonchev–Trinajstić information content (AvgIpc) is 3.35. The van der Waals surface area contributed by atoms with Crippen molar-refractivity contribution in [3.05, 3.63) is 94.9 Å². The third-order valence-electron chi connectivity index (χ3n) is 8.33. The summed E-state index contributed by atoms with van der Waals surface area (Å²) in [5.74, 6) is 0.514. The second-order valence-electron chi connectivity index (χ2n) is 11.3. The molecule has 0 radical (unpaired) electrons. The Bertz CT molecular complexity index is 1650. The van der Waals surface area contributed by atoms with Gasteiger partial charge in [0.2, 0.25) is 5.91 Å². The van der Waals surface area contributed by atoms with Gasteiger partial charge in [-0.25, -0.2) is 4.39 Å². The van der Waals surface area contributed by atoms with Crippen molar-refractivity contribution >= 4 is 22.7 Å². The molecule has 41 heavy (non-hydrogen) atoms. The van der Waals surface area contributed by atoms with Crippen LogP contribution in [-0.2, 0) is 21.5 Å². The van der Waals surface area contributed by atoms with Crippen LogP contribution in [0.15, 0.2) is 66.7 Å². The smallest absolute Gasteiger partial charge is 0.254 e. The maximum atomic E-state index is 14.2. The molecular formula is C33H34FN3O4. The molecule has 8 heteroatoms. The molecule has 0 aliphatic carbocycles. The highest BCUT2D eigenvalue weighted by Crippen LogP contribution is 2.49. The standard InChI is InChI=1S/C33H34FN3O4/c1-20(2)41-27-13-12-22(17-28(27)40-4)25-18-37-29(38)19-36(15-14-21-8-7-9-23(34)16-21)32(39)33(37,3)31-30(25)24-10-5-6-11-26(24)35-31/h5-13,16-17,20,25,35H,14-15,18-19H2,1-4H3/t25-,33-/m0/s1. The molecule has 2 aliphatic heterocycles. The molecule has 4 aromatic rings. The van der Waals surface area contributed by atoms with Crippen LogP contribution in [0.25, 0.3) is 10.9 Å².